The number of carbonyl (C=O) groups is 2. The van der Waals surface area contributed by atoms with E-state index in [0.717, 1.165) is 45.7 Å². The number of halogens is 3. The number of rotatable bonds is 6. The number of anilines is 2. The quantitative estimate of drug-likeness (QED) is 0.697. The fourth-order valence-corrected chi connectivity index (χ4v) is 4.27. The molecule has 1 amide bonds. The van der Waals surface area contributed by atoms with Gasteiger partial charge < -0.3 is 9.64 Å². The van der Waals surface area contributed by atoms with Gasteiger partial charge in [-0.15, -0.1) is 0 Å². The maximum absolute atomic E-state index is 14.9. The molecular weight excluding hydrogens is 401 g/mol. The van der Waals surface area contributed by atoms with Crippen LogP contribution in [0.3, 0.4) is 0 Å². The molecule has 0 N–H and O–H groups in total. The third-order valence-corrected chi connectivity index (χ3v) is 5.90. The smallest absolute Gasteiger partial charge is 0.414 e. The topological polar surface area (TPSA) is 56.3 Å². The lowest BCUT2D eigenvalue weighted by atomic mass is 10.1. The number of hydrazine groups is 1. The molecule has 1 aromatic carbocycles. The zero-order chi connectivity index (χ0) is 21.3. The van der Waals surface area contributed by atoms with Gasteiger partial charge in [0.25, 0.3) is 6.43 Å². The zero-order valence-electron chi connectivity index (χ0n) is 16.6. The van der Waals surface area contributed by atoms with Crippen LogP contribution < -0.4 is 9.80 Å². The number of cyclic esters (lactones) is 1. The predicted octanol–water partition coefficient (Wildman–Crippen LogP) is 2.51. The van der Waals surface area contributed by atoms with E-state index in [0.29, 0.717) is 11.4 Å². The number of amides is 1. The fraction of sp³-hybridized carbons (Fsp3) is 0.600. The third kappa shape index (κ3) is 4.39. The lowest BCUT2D eigenvalue weighted by Crippen LogP contribution is -2.37. The lowest BCUT2D eigenvalue weighted by molar-refractivity contribution is -0.129. The van der Waals surface area contributed by atoms with Crippen LogP contribution in [0.1, 0.15) is 19.3 Å². The Morgan fingerprint density at radius 2 is 1.80 bits per heavy atom. The summed E-state index contributed by atoms with van der Waals surface area (Å²) in [7, 11) is 0. The minimum Gasteiger partial charge on any atom is -0.444 e. The van der Waals surface area contributed by atoms with E-state index in [1.165, 1.54) is 11.0 Å². The SMILES string of the molecule is O=C(CC[C@H]1CN(c2ccc(N3CCN4CCCN4CC3)c(F)c2)C(=O)O1)C(F)F. The highest BCUT2D eigenvalue weighted by atomic mass is 19.3. The molecule has 0 bridgehead atoms. The molecule has 0 spiro atoms. The molecule has 0 radical (unpaired) electrons. The van der Waals surface area contributed by atoms with Crippen molar-refractivity contribution in [1.82, 2.24) is 10.0 Å². The molecule has 3 saturated heterocycles. The molecule has 3 heterocycles. The minimum atomic E-state index is -3.02. The van der Waals surface area contributed by atoms with Gasteiger partial charge in [0.05, 0.1) is 17.9 Å². The van der Waals surface area contributed by atoms with Crippen molar-refractivity contribution in [2.75, 3.05) is 55.6 Å². The van der Waals surface area contributed by atoms with Gasteiger partial charge in [0.2, 0.25) is 0 Å². The number of nitrogens with zero attached hydrogens (tertiary/aromatic N) is 4. The van der Waals surface area contributed by atoms with Crippen molar-refractivity contribution >= 4 is 23.3 Å². The van der Waals surface area contributed by atoms with E-state index >= 15 is 0 Å². The number of ether oxygens (including phenoxy) is 1. The highest BCUT2D eigenvalue weighted by Gasteiger charge is 2.34. The standard InChI is InChI=1S/C20H25F3N4O3/c21-16-12-14(27-13-15(30-20(27)29)3-5-18(28)19(22)23)2-4-17(16)24-8-10-25-6-1-7-26(25)11-9-24/h2,4,12,15,19H,1,3,5-11,13H2/t15-/m0/s1. The van der Waals surface area contributed by atoms with Crippen LogP contribution in [0, 0.1) is 5.82 Å². The van der Waals surface area contributed by atoms with Gasteiger partial charge in [-0.2, -0.15) is 0 Å². The summed E-state index contributed by atoms with van der Waals surface area (Å²) in [6.07, 6.45) is -3.54. The number of ketones is 1. The average molecular weight is 426 g/mol. The summed E-state index contributed by atoms with van der Waals surface area (Å²) in [6, 6.07) is 4.63. The van der Waals surface area contributed by atoms with Gasteiger partial charge in [-0.05, 0) is 31.0 Å². The first-order valence-corrected chi connectivity index (χ1v) is 10.3. The van der Waals surface area contributed by atoms with Crippen molar-refractivity contribution in [2.45, 2.75) is 31.8 Å². The Labute approximate surface area is 172 Å². The van der Waals surface area contributed by atoms with E-state index in [1.807, 2.05) is 4.90 Å². The molecule has 7 nitrogen and oxygen atoms in total. The van der Waals surface area contributed by atoms with Gasteiger partial charge in [0, 0.05) is 45.7 Å². The molecule has 3 fully saturated rings. The predicted molar refractivity (Wildman–Crippen MR) is 104 cm³/mol. The fourth-order valence-electron chi connectivity index (χ4n) is 4.27. The number of benzene rings is 1. The van der Waals surface area contributed by atoms with Crippen LogP contribution in [-0.4, -0.2) is 80.2 Å². The second-order valence-corrected chi connectivity index (χ2v) is 7.81. The number of hydrogen-bond acceptors (Lipinski definition) is 6. The largest absolute Gasteiger partial charge is 0.444 e. The van der Waals surface area contributed by atoms with Gasteiger partial charge in [-0.1, -0.05) is 0 Å². The molecule has 3 aliphatic heterocycles. The number of Topliss-reactive ketones (excluding diaryl/α,β-unsaturated/α-hetero) is 1. The second kappa shape index (κ2) is 8.81. The Hall–Kier alpha value is -2.33. The zero-order valence-corrected chi connectivity index (χ0v) is 16.6. The van der Waals surface area contributed by atoms with Gasteiger partial charge in [-0.3, -0.25) is 9.69 Å². The van der Waals surface area contributed by atoms with Crippen LogP contribution in [0.4, 0.5) is 29.3 Å². The van der Waals surface area contributed by atoms with E-state index in [9.17, 15) is 22.8 Å². The number of carbonyl (C=O) groups excluding carboxylic acids is 2. The van der Waals surface area contributed by atoms with Crippen LogP contribution >= 0.6 is 0 Å². The van der Waals surface area contributed by atoms with E-state index in [2.05, 4.69) is 10.0 Å². The van der Waals surface area contributed by atoms with Crippen molar-refractivity contribution in [3.05, 3.63) is 24.0 Å². The first kappa shape index (κ1) is 20.9. The van der Waals surface area contributed by atoms with Crippen molar-refractivity contribution in [3.63, 3.8) is 0 Å². The van der Waals surface area contributed by atoms with E-state index < -0.39 is 30.2 Å². The first-order valence-electron chi connectivity index (χ1n) is 10.3. The summed E-state index contributed by atoms with van der Waals surface area (Å²) in [5, 5.41) is 4.62. The molecule has 3 aliphatic rings. The molecular formula is C20H25F3N4O3. The van der Waals surface area contributed by atoms with Gasteiger partial charge in [0.15, 0.2) is 5.78 Å². The molecule has 0 unspecified atom stereocenters. The molecule has 4 rings (SSSR count). The summed E-state index contributed by atoms with van der Waals surface area (Å²) >= 11 is 0. The second-order valence-electron chi connectivity index (χ2n) is 7.81. The van der Waals surface area contributed by atoms with Crippen LogP contribution in [0.25, 0.3) is 0 Å². The summed E-state index contributed by atoms with van der Waals surface area (Å²) in [4.78, 5) is 26.5. The minimum absolute atomic E-state index is 0.0206. The van der Waals surface area contributed by atoms with Crippen LogP contribution in [0.5, 0.6) is 0 Å². The molecule has 0 saturated carbocycles. The Kier molecular flexibility index (Phi) is 6.14. The van der Waals surface area contributed by atoms with Crippen LogP contribution in [0.15, 0.2) is 18.2 Å². The number of alkyl halides is 2. The molecule has 30 heavy (non-hydrogen) atoms. The Bertz CT molecular complexity index is 796. The normalized spacial score (nSPS) is 23.1. The summed E-state index contributed by atoms with van der Waals surface area (Å²) < 4.78 is 44.7. The molecule has 0 aromatic heterocycles. The van der Waals surface area contributed by atoms with Crippen molar-refractivity contribution < 1.29 is 27.5 Å². The Morgan fingerprint density at radius 3 is 2.43 bits per heavy atom. The Balaban J connectivity index is 1.39. The lowest BCUT2D eigenvalue weighted by Gasteiger charge is -2.24. The van der Waals surface area contributed by atoms with Crippen LogP contribution in [-0.2, 0) is 9.53 Å². The van der Waals surface area contributed by atoms with Crippen molar-refractivity contribution in [1.29, 1.82) is 0 Å². The van der Waals surface area contributed by atoms with Gasteiger partial charge >= 0.3 is 6.09 Å². The van der Waals surface area contributed by atoms with Gasteiger partial charge in [0.1, 0.15) is 11.9 Å². The number of fused-ring (bicyclic) bond motifs is 1. The highest BCUT2D eigenvalue weighted by molar-refractivity contribution is 5.90. The summed E-state index contributed by atoms with van der Waals surface area (Å²) in [6.45, 7) is 5.31. The van der Waals surface area contributed by atoms with E-state index in [-0.39, 0.29) is 19.4 Å². The molecule has 1 atom stereocenters. The van der Waals surface area contributed by atoms with Crippen molar-refractivity contribution in [2.24, 2.45) is 0 Å². The third-order valence-electron chi connectivity index (χ3n) is 5.90. The van der Waals surface area contributed by atoms with E-state index in [4.69, 9.17) is 4.74 Å². The molecule has 164 valence electrons. The van der Waals surface area contributed by atoms with Crippen LogP contribution in [0.2, 0.25) is 0 Å². The van der Waals surface area contributed by atoms with Crippen molar-refractivity contribution in [3.8, 4) is 0 Å². The maximum atomic E-state index is 14.9. The molecule has 10 heteroatoms. The van der Waals surface area contributed by atoms with Gasteiger partial charge in [-0.25, -0.2) is 28.0 Å². The number of hydrogen-bond donors (Lipinski definition) is 0. The summed E-state index contributed by atoms with van der Waals surface area (Å²) in [5.41, 5.74) is 0.843. The average Bonchev–Trinajstić information content (AvgIpc) is 3.27. The monoisotopic (exact) mass is 426 g/mol. The maximum Gasteiger partial charge on any atom is 0.414 e. The molecule has 0 aliphatic carbocycles. The highest BCUT2D eigenvalue weighted by Crippen LogP contribution is 2.29. The van der Waals surface area contributed by atoms with E-state index in [1.54, 1.807) is 12.1 Å². The first-order chi connectivity index (χ1) is 14.4. The summed E-state index contributed by atoms with van der Waals surface area (Å²) in [5.74, 6) is -1.59. The molecule has 1 aromatic rings. The Morgan fingerprint density at radius 1 is 1.10 bits per heavy atom.